The van der Waals surface area contributed by atoms with Gasteiger partial charge < -0.3 is 15.3 Å². The highest BCUT2D eigenvalue weighted by atomic mass is 16.3. The second-order valence-corrected chi connectivity index (χ2v) is 7.74. The highest BCUT2D eigenvalue weighted by Crippen LogP contribution is 2.26. The molecule has 0 unspecified atom stereocenters. The van der Waals surface area contributed by atoms with Crippen LogP contribution in [0.2, 0.25) is 0 Å². The number of aliphatic hydroxyl groups is 1. The number of carbonyl (C=O) groups is 2. The Morgan fingerprint density at radius 3 is 2.31 bits per heavy atom. The fourth-order valence-corrected chi connectivity index (χ4v) is 3.97. The number of nitrogens with one attached hydrogen (secondary N) is 1. The zero-order chi connectivity index (χ0) is 18.4. The van der Waals surface area contributed by atoms with E-state index in [1.807, 2.05) is 29.2 Å². The number of carbonyl (C=O) groups excluding carboxylic acids is 2. The predicted octanol–water partition coefficient (Wildman–Crippen LogP) is 3.12. The number of aliphatic hydroxyl groups excluding tert-OH is 1. The van der Waals surface area contributed by atoms with Gasteiger partial charge >= 0.3 is 0 Å². The molecule has 1 aromatic carbocycles. The molecule has 0 atom stereocenters. The van der Waals surface area contributed by atoms with Crippen LogP contribution in [-0.4, -0.2) is 41.0 Å². The Kier molecular flexibility index (Phi) is 6.67. The summed E-state index contributed by atoms with van der Waals surface area (Å²) in [7, 11) is 0. The quantitative estimate of drug-likeness (QED) is 0.850. The fourth-order valence-electron chi connectivity index (χ4n) is 3.97. The van der Waals surface area contributed by atoms with Crippen molar-refractivity contribution in [3.05, 3.63) is 29.8 Å². The van der Waals surface area contributed by atoms with Crippen LogP contribution in [0.3, 0.4) is 0 Å². The van der Waals surface area contributed by atoms with Gasteiger partial charge in [0.1, 0.15) is 0 Å². The molecule has 2 amide bonds. The maximum Gasteiger partial charge on any atom is 0.226 e. The predicted molar refractivity (Wildman–Crippen MR) is 102 cm³/mol. The van der Waals surface area contributed by atoms with Crippen molar-refractivity contribution in [3.8, 4) is 0 Å². The Balaban J connectivity index is 1.45. The average Bonchev–Trinajstić information content (AvgIpc) is 2.64. The summed E-state index contributed by atoms with van der Waals surface area (Å²) in [6, 6.07) is 7.57. The molecule has 1 aliphatic heterocycles. The van der Waals surface area contributed by atoms with Gasteiger partial charge in [-0.3, -0.25) is 9.59 Å². The zero-order valence-electron chi connectivity index (χ0n) is 15.5. The van der Waals surface area contributed by atoms with Gasteiger partial charge in [-0.25, -0.2) is 0 Å². The molecule has 3 rings (SSSR count). The van der Waals surface area contributed by atoms with Crippen molar-refractivity contribution in [3.63, 3.8) is 0 Å². The molecule has 2 fully saturated rings. The minimum Gasteiger partial charge on any atom is -0.393 e. The van der Waals surface area contributed by atoms with E-state index in [9.17, 15) is 14.7 Å². The molecular weight excluding hydrogens is 328 g/mol. The number of piperidine rings is 1. The van der Waals surface area contributed by atoms with Crippen molar-refractivity contribution in [1.82, 2.24) is 4.90 Å². The van der Waals surface area contributed by atoms with Crippen molar-refractivity contribution < 1.29 is 14.7 Å². The second-order valence-electron chi connectivity index (χ2n) is 7.74. The van der Waals surface area contributed by atoms with E-state index in [0.29, 0.717) is 44.7 Å². The third-order valence-electron chi connectivity index (χ3n) is 5.61. The van der Waals surface area contributed by atoms with Crippen molar-refractivity contribution in [2.24, 2.45) is 5.92 Å². The van der Waals surface area contributed by atoms with E-state index in [0.717, 1.165) is 11.3 Å². The summed E-state index contributed by atoms with van der Waals surface area (Å²) in [5, 5.41) is 12.5. The highest BCUT2D eigenvalue weighted by Gasteiger charge is 2.21. The number of hydrogen-bond donors (Lipinski definition) is 2. The molecule has 0 radical (unpaired) electrons. The first-order valence-corrected chi connectivity index (χ1v) is 9.95. The van der Waals surface area contributed by atoms with Crippen LogP contribution in [0.15, 0.2) is 24.3 Å². The van der Waals surface area contributed by atoms with Gasteiger partial charge in [-0.1, -0.05) is 31.4 Å². The van der Waals surface area contributed by atoms with E-state index in [1.54, 1.807) is 0 Å². The molecule has 26 heavy (non-hydrogen) atoms. The van der Waals surface area contributed by atoms with Crippen molar-refractivity contribution >= 4 is 17.5 Å². The number of benzene rings is 1. The molecule has 1 saturated carbocycles. The van der Waals surface area contributed by atoms with Gasteiger partial charge in [-0.05, 0) is 49.3 Å². The minimum atomic E-state index is -0.268. The third-order valence-corrected chi connectivity index (χ3v) is 5.61. The standard InChI is InChI=1S/C21H30N2O3/c24-19-10-12-23(13-11-19)21(26)15-17-6-8-18(9-7-17)22-20(25)14-16-4-2-1-3-5-16/h6-9,16,19,24H,1-5,10-15H2,(H,22,25). The summed E-state index contributed by atoms with van der Waals surface area (Å²) in [4.78, 5) is 26.3. The van der Waals surface area contributed by atoms with Gasteiger partial charge in [-0.2, -0.15) is 0 Å². The van der Waals surface area contributed by atoms with E-state index >= 15 is 0 Å². The van der Waals surface area contributed by atoms with Crippen molar-refractivity contribution in [2.45, 2.75) is 63.9 Å². The number of anilines is 1. The molecule has 2 N–H and O–H groups in total. The molecular formula is C21H30N2O3. The monoisotopic (exact) mass is 358 g/mol. The molecule has 1 heterocycles. The molecule has 5 nitrogen and oxygen atoms in total. The van der Waals surface area contributed by atoms with Gasteiger partial charge in [0.15, 0.2) is 0 Å². The van der Waals surface area contributed by atoms with E-state index < -0.39 is 0 Å². The van der Waals surface area contributed by atoms with Crippen molar-refractivity contribution in [2.75, 3.05) is 18.4 Å². The average molecular weight is 358 g/mol. The lowest BCUT2D eigenvalue weighted by Crippen LogP contribution is -2.40. The number of amides is 2. The molecule has 1 aromatic rings. The van der Waals surface area contributed by atoms with E-state index in [1.165, 1.54) is 32.1 Å². The van der Waals surface area contributed by atoms with E-state index in [2.05, 4.69) is 5.32 Å². The summed E-state index contributed by atoms with van der Waals surface area (Å²) < 4.78 is 0. The molecule has 0 bridgehead atoms. The SMILES string of the molecule is O=C(CC1CCCCC1)Nc1ccc(CC(=O)N2CCC(O)CC2)cc1. The first-order chi connectivity index (χ1) is 12.6. The Labute approximate surface area is 155 Å². The van der Waals surface area contributed by atoms with Gasteiger partial charge in [0.25, 0.3) is 0 Å². The third kappa shape index (κ3) is 5.56. The van der Waals surface area contributed by atoms with Gasteiger partial charge in [-0.15, -0.1) is 0 Å². The van der Waals surface area contributed by atoms with Gasteiger partial charge in [0, 0.05) is 25.2 Å². The topological polar surface area (TPSA) is 69.6 Å². The van der Waals surface area contributed by atoms with Crippen LogP contribution in [0.25, 0.3) is 0 Å². The molecule has 1 saturated heterocycles. The Bertz CT molecular complexity index is 600. The van der Waals surface area contributed by atoms with Crippen molar-refractivity contribution in [1.29, 1.82) is 0 Å². The summed E-state index contributed by atoms with van der Waals surface area (Å²) in [5.41, 5.74) is 1.74. The normalized spacial score (nSPS) is 19.3. The number of likely N-dealkylation sites (tertiary alicyclic amines) is 1. The van der Waals surface area contributed by atoms with Gasteiger partial charge in [0.2, 0.25) is 11.8 Å². The fraction of sp³-hybridized carbons (Fsp3) is 0.619. The lowest BCUT2D eigenvalue weighted by atomic mass is 9.87. The summed E-state index contributed by atoms with van der Waals surface area (Å²) in [5.74, 6) is 0.724. The van der Waals surface area contributed by atoms with Gasteiger partial charge in [0.05, 0.1) is 12.5 Å². The number of hydrogen-bond acceptors (Lipinski definition) is 3. The van der Waals surface area contributed by atoms with Crippen LogP contribution in [0.4, 0.5) is 5.69 Å². The smallest absolute Gasteiger partial charge is 0.226 e. The molecule has 142 valence electrons. The van der Waals surface area contributed by atoms with Crippen LogP contribution >= 0.6 is 0 Å². The first-order valence-electron chi connectivity index (χ1n) is 9.95. The zero-order valence-corrected chi connectivity index (χ0v) is 15.5. The molecule has 1 aliphatic carbocycles. The molecule has 2 aliphatic rings. The lowest BCUT2D eigenvalue weighted by molar-refractivity contribution is -0.132. The highest BCUT2D eigenvalue weighted by molar-refractivity contribution is 5.91. The van der Waals surface area contributed by atoms with E-state index in [4.69, 9.17) is 0 Å². The molecule has 5 heteroatoms. The lowest BCUT2D eigenvalue weighted by Gasteiger charge is -2.29. The summed E-state index contributed by atoms with van der Waals surface area (Å²) >= 11 is 0. The molecule has 0 spiro atoms. The largest absolute Gasteiger partial charge is 0.393 e. The Hall–Kier alpha value is -1.88. The van der Waals surface area contributed by atoms with Crippen LogP contribution in [0.1, 0.15) is 56.9 Å². The Morgan fingerprint density at radius 2 is 1.65 bits per heavy atom. The number of rotatable bonds is 5. The summed E-state index contributed by atoms with van der Waals surface area (Å²) in [6.45, 7) is 1.27. The Morgan fingerprint density at radius 1 is 1.00 bits per heavy atom. The molecule has 0 aromatic heterocycles. The van der Waals surface area contributed by atoms with Crippen LogP contribution in [0.5, 0.6) is 0 Å². The van der Waals surface area contributed by atoms with Crippen LogP contribution < -0.4 is 5.32 Å². The van der Waals surface area contributed by atoms with Crippen LogP contribution in [0, 0.1) is 5.92 Å². The first kappa shape index (κ1) is 18.9. The maximum absolute atomic E-state index is 12.3. The minimum absolute atomic E-state index is 0.0904. The van der Waals surface area contributed by atoms with E-state index in [-0.39, 0.29) is 17.9 Å². The maximum atomic E-state index is 12.3. The second kappa shape index (κ2) is 9.17. The van der Waals surface area contributed by atoms with Crippen LogP contribution in [-0.2, 0) is 16.0 Å². The summed E-state index contributed by atoms with van der Waals surface area (Å²) in [6.07, 6.45) is 8.17. The number of nitrogens with zero attached hydrogens (tertiary/aromatic N) is 1.